The van der Waals surface area contributed by atoms with Crippen molar-refractivity contribution in [2.75, 3.05) is 0 Å². The number of fused-ring (bicyclic) bond motifs is 2. The van der Waals surface area contributed by atoms with Gasteiger partial charge in [0.2, 0.25) is 0 Å². The van der Waals surface area contributed by atoms with Crippen molar-refractivity contribution in [2.24, 2.45) is 0 Å². The molecule has 0 unspecified atom stereocenters. The number of aromatic nitrogens is 2. The van der Waals surface area contributed by atoms with Crippen molar-refractivity contribution in [2.45, 2.75) is 45.4 Å². The number of oxazole rings is 1. The van der Waals surface area contributed by atoms with Crippen molar-refractivity contribution in [3.8, 4) is 0 Å². The molecule has 1 aromatic carbocycles. The Balaban J connectivity index is 1.66. The number of pyridine rings is 1. The summed E-state index contributed by atoms with van der Waals surface area (Å²) in [6.45, 7) is 8.55. The maximum Gasteiger partial charge on any atom is 0.198 e. The average molecular weight is 334 g/mol. The zero-order chi connectivity index (χ0) is 17.6. The molecular formula is C21H22N2O2. The second-order valence-electron chi connectivity index (χ2n) is 7.57. The normalized spacial score (nSPS) is 12.5. The molecular weight excluding hydrogens is 312 g/mol. The molecule has 0 bridgehead atoms. The largest absolute Gasteiger partial charge is 0.459 e. The zero-order valence-electron chi connectivity index (χ0n) is 15.0. The highest BCUT2D eigenvalue weighted by Gasteiger charge is 2.26. The van der Waals surface area contributed by atoms with Gasteiger partial charge in [-0.3, -0.25) is 4.98 Å². The Kier molecular flexibility index (Phi) is 3.64. The van der Waals surface area contributed by atoms with E-state index < -0.39 is 0 Å². The van der Waals surface area contributed by atoms with Crippen molar-refractivity contribution < 1.29 is 8.83 Å². The molecule has 25 heavy (non-hydrogen) atoms. The second kappa shape index (κ2) is 5.73. The standard InChI is InChI=1S/C21H22N2O2/c1-13(2)20-23-15-8-7-14(10-18(15)25-20)12-21(3,4)19-11-16-17(24-19)6-5-9-22-16/h5-11,13H,12H2,1-4H3. The Morgan fingerprint density at radius 2 is 1.84 bits per heavy atom. The van der Waals surface area contributed by atoms with Crippen LogP contribution in [0.2, 0.25) is 0 Å². The Morgan fingerprint density at radius 3 is 2.60 bits per heavy atom. The molecule has 0 spiro atoms. The van der Waals surface area contributed by atoms with Crippen LogP contribution in [-0.4, -0.2) is 9.97 Å². The van der Waals surface area contributed by atoms with Crippen LogP contribution in [0.1, 0.15) is 50.8 Å². The van der Waals surface area contributed by atoms with Crippen LogP contribution in [0.5, 0.6) is 0 Å². The van der Waals surface area contributed by atoms with Crippen LogP contribution in [-0.2, 0) is 11.8 Å². The summed E-state index contributed by atoms with van der Waals surface area (Å²) in [5.41, 5.74) is 4.56. The first-order chi connectivity index (χ1) is 11.9. The molecule has 128 valence electrons. The zero-order valence-corrected chi connectivity index (χ0v) is 15.0. The van der Waals surface area contributed by atoms with E-state index in [0.717, 1.165) is 40.3 Å². The lowest BCUT2D eigenvalue weighted by atomic mass is 9.83. The monoisotopic (exact) mass is 334 g/mol. The molecule has 0 fully saturated rings. The minimum Gasteiger partial charge on any atom is -0.459 e. The van der Waals surface area contributed by atoms with Gasteiger partial charge in [0.15, 0.2) is 17.1 Å². The summed E-state index contributed by atoms with van der Waals surface area (Å²) < 4.78 is 11.9. The first-order valence-corrected chi connectivity index (χ1v) is 8.67. The molecule has 0 atom stereocenters. The van der Waals surface area contributed by atoms with Crippen LogP contribution in [0.3, 0.4) is 0 Å². The fourth-order valence-electron chi connectivity index (χ4n) is 3.14. The third-order valence-electron chi connectivity index (χ3n) is 4.56. The maximum absolute atomic E-state index is 6.03. The predicted octanol–water partition coefficient (Wildman–Crippen LogP) is 5.61. The summed E-state index contributed by atoms with van der Waals surface area (Å²) in [5.74, 6) is 2.02. The van der Waals surface area contributed by atoms with Gasteiger partial charge in [-0.1, -0.05) is 33.8 Å². The lowest BCUT2D eigenvalue weighted by Crippen LogP contribution is -2.19. The highest BCUT2D eigenvalue weighted by molar-refractivity contribution is 5.74. The van der Waals surface area contributed by atoms with Crippen LogP contribution in [0.4, 0.5) is 0 Å². The molecule has 4 aromatic rings. The van der Waals surface area contributed by atoms with Crippen molar-refractivity contribution >= 4 is 22.2 Å². The minimum absolute atomic E-state index is 0.144. The molecule has 4 nitrogen and oxygen atoms in total. The highest BCUT2D eigenvalue weighted by atomic mass is 16.3. The third kappa shape index (κ3) is 2.93. The quantitative estimate of drug-likeness (QED) is 0.486. The fraction of sp³-hybridized carbons (Fsp3) is 0.333. The number of hydrogen-bond acceptors (Lipinski definition) is 4. The smallest absolute Gasteiger partial charge is 0.198 e. The van der Waals surface area contributed by atoms with Gasteiger partial charge < -0.3 is 8.83 Å². The Hall–Kier alpha value is -2.62. The lowest BCUT2D eigenvalue weighted by molar-refractivity contribution is 0.399. The van der Waals surface area contributed by atoms with E-state index in [1.807, 2.05) is 24.3 Å². The summed E-state index contributed by atoms with van der Waals surface area (Å²) in [6, 6.07) is 12.1. The molecule has 3 aromatic heterocycles. The van der Waals surface area contributed by atoms with Gasteiger partial charge in [-0.15, -0.1) is 0 Å². The van der Waals surface area contributed by atoms with Crippen molar-refractivity contribution in [3.63, 3.8) is 0 Å². The van der Waals surface area contributed by atoms with Crippen LogP contribution in [0.25, 0.3) is 22.2 Å². The molecule has 0 aliphatic heterocycles. The first kappa shape index (κ1) is 15.9. The predicted molar refractivity (Wildman–Crippen MR) is 98.8 cm³/mol. The molecule has 0 radical (unpaired) electrons. The van der Waals surface area contributed by atoms with Gasteiger partial charge >= 0.3 is 0 Å². The Labute approximate surface area is 146 Å². The van der Waals surface area contributed by atoms with E-state index in [1.54, 1.807) is 6.20 Å². The first-order valence-electron chi connectivity index (χ1n) is 8.67. The second-order valence-corrected chi connectivity index (χ2v) is 7.57. The van der Waals surface area contributed by atoms with Crippen molar-refractivity contribution in [1.29, 1.82) is 0 Å². The number of hydrogen-bond donors (Lipinski definition) is 0. The molecule has 4 rings (SSSR count). The Bertz CT molecular complexity index is 1010. The van der Waals surface area contributed by atoms with E-state index in [9.17, 15) is 0 Å². The highest BCUT2D eigenvalue weighted by Crippen LogP contribution is 2.32. The molecule has 0 aliphatic rings. The lowest BCUT2D eigenvalue weighted by Gasteiger charge is -2.21. The summed E-state index contributed by atoms with van der Waals surface area (Å²) in [7, 11) is 0. The van der Waals surface area contributed by atoms with Gasteiger partial charge in [-0.05, 0) is 36.2 Å². The van der Waals surface area contributed by atoms with Gasteiger partial charge in [-0.2, -0.15) is 0 Å². The van der Waals surface area contributed by atoms with E-state index in [-0.39, 0.29) is 11.3 Å². The molecule has 0 N–H and O–H groups in total. The maximum atomic E-state index is 6.03. The number of rotatable bonds is 4. The third-order valence-corrected chi connectivity index (χ3v) is 4.56. The molecule has 0 saturated carbocycles. The molecule has 4 heteroatoms. The number of nitrogens with zero attached hydrogens (tertiary/aromatic N) is 2. The Morgan fingerprint density at radius 1 is 1.00 bits per heavy atom. The van der Waals surface area contributed by atoms with Gasteiger partial charge in [0, 0.05) is 23.6 Å². The van der Waals surface area contributed by atoms with E-state index in [1.165, 1.54) is 5.56 Å². The molecule has 3 heterocycles. The molecule has 0 aliphatic carbocycles. The summed E-state index contributed by atoms with van der Waals surface area (Å²) in [5, 5.41) is 0. The van der Waals surface area contributed by atoms with Crippen LogP contribution in [0, 0.1) is 0 Å². The molecule has 0 saturated heterocycles. The van der Waals surface area contributed by atoms with Gasteiger partial charge in [-0.25, -0.2) is 4.98 Å². The SMILES string of the molecule is CC(C)c1nc2ccc(CC(C)(C)c3cc4ncccc4o3)cc2o1. The number of furan rings is 1. The van der Waals surface area contributed by atoms with E-state index in [4.69, 9.17) is 8.83 Å². The van der Waals surface area contributed by atoms with Gasteiger partial charge in [0.1, 0.15) is 16.8 Å². The summed E-state index contributed by atoms with van der Waals surface area (Å²) in [4.78, 5) is 8.91. The van der Waals surface area contributed by atoms with E-state index in [2.05, 4.69) is 49.8 Å². The topological polar surface area (TPSA) is 52.1 Å². The van der Waals surface area contributed by atoms with E-state index in [0.29, 0.717) is 0 Å². The summed E-state index contributed by atoms with van der Waals surface area (Å²) >= 11 is 0. The van der Waals surface area contributed by atoms with Crippen LogP contribution in [0.15, 0.2) is 51.4 Å². The van der Waals surface area contributed by atoms with Crippen molar-refractivity contribution in [3.05, 3.63) is 59.8 Å². The molecule has 0 amide bonds. The fourth-order valence-corrected chi connectivity index (χ4v) is 3.14. The average Bonchev–Trinajstić information content (AvgIpc) is 3.18. The van der Waals surface area contributed by atoms with Gasteiger partial charge in [0.25, 0.3) is 0 Å². The van der Waals surface area contributed by atoms with Crippen LogP contribution < -0.4 is 0 Å². The summed E-state index contributed by atoms with van der Waals surface area (Å²) in [6.07, 6.45) is 2.64. The van der Waals surface area contributed by atoms with Gasteiger partial charge in [0.05, 0.1) is 0 Å². The van der Waals surface area contributed by atoms with E-state index >= 15 is 0 Å². The minimum atomic E-state index is -0.144. The van der Waals surface area contributed by atoms with Crippen molar-refractivity contribution in [1.82, 2.24) is 9.97 Å². The number of benzene rings is 1. The van der Waals surface area contributed by atoms with Crippen LogP contribution >= 0.6 is 0 Å².